The number of piperidine rings is 1. The van der Waals surface area contributed by atoms with Crippen molar-refractivity contribution in [3.05, 3.63) is 65.5 Å². The molecule has 1 aliphatic heterocycles. The summed E-state index contributed by atoms with van der Waals surface area (Å²) in [4.78, 5) is 19.7. The van der Waals surface area contributed by atoms with Crippen LogP contribution in [0.4, 0.5) is 0 Å². The van der Waals surface area contributed by atoms with Gasteiger partial charge in [0.15, 0.2) is 5.11 Å². The predicted octanol–water partition coefficient (Wildman–Crippen LogP) is 2.81. The second kappa shape index (κ2) is 8.95. The van der Waals surface area contributed by atoms with Gasteiger partial charge in [-0.2, -0.15) is 0 Å². The van der Waals surface area contributed by atoms with Gasteiger partial charge in [-0.3, -0.25) is 9.78 Å². The number of nitrogens with zero attached hydrogens (tertiary/aromatic N) is 2. The zero-order valence-corrected chi connectivity index (χ0v) is 16.6. The molecule has 0 aliphatic carbocycles. The van der Waals surface area contributed by atoms with E-state index < -0.39 is 0 Å². The molecular weight excluding hydrogens is 356 g/mol. The lowest BCUT2D eigenvalue weighted by Crippen LogP contribution is -2.46. The van der Waals surface area contributed by atoms with E-state index in [1.807, 2.05) is 56.4 Å². The molecule has 6 heteroatoms. The molecular formula is C21H26N4OS. The number of aryl methyl sites for hydroxylation is 1. The number of pyridine rings is 1. The molecule has 1 aliphatic rings. The fourth-order valence-corrected chi connectivity index (χ4v) is 3.70. The number of amides is 1. The Kier molecular flexibility index (Phi) is 6.40. The van der Waals surface area contributed by atoms with Crippen LogP contribution in [-0.4, -0.2) is 41.0 Å². The van der Waals surface area contributed by atoms with Gasteiger partial charge >= 0.3 is 0 Å². The normalized spacial score (nSPS) is 15.9. The first kappa shape index (κ1) is 19.3. The number of likely N-dealkylation sites (tertiary alicyclic amines) is 1. The first-order valence-corrected chi connectivity index (χ1v) is 9.74. The van der Waals surface area contributed by atoms with Crippen LogP contribution in [0.2, 0.25) is 0 Å². The Morgan fingerprint density at radius 2 is 1.89 bits per heavy atom. The molecule has 1 aromatic heterocycles. The van der Waals surface area contributed by atoms with E-state index in [0.29, 0.717) is 0 Å². The molecule has 0 saturated carbocycles. The van der Waals surface area contributed by atoms with Crippen LogP contribution in [0, 0.1) is 12.8 Å². The molecule has 1 saturated heterocycles. The van der Waals surface area contributed by atoms with E-state index in [1.54, 1.807) is 6.20 Å². The number of aromatic nitrogens is 1. The molecule has 1 aromatic carbocycles. The van der Waals surface area contributed by atoms with Gasteiger partial charge in [0.05, 0.1) is 11.7 Å². The average Bonchev–Trinajstić information content (AvgIpc) is 2.72. The van der Waals surface area contributed by atoms with Crippen molar-refractivity contribution in [1.29, 1.82) is 0 Å². The first-order chi connectivity index (χ1) is 13.1. The summed E-state index contributed by atoms with van der Waals surface area (Å²) in [5.74, 6) is 0.0834. The smallest absolute Gasteiger partial charge is 0.224 e. The van der Waals surface area contributed by atoms with Gasteiger partial charge in [-0.1, -0.05) is 36.4 Å². The summed E-state index contributed by atoms with van der Waals surface area (Å²) >= 11 is 5.30. The molecule has 1 unspecified atom stereocenters. The summed E-state index contributed by atoms with van der Waals surface area (Å²) in [5, 5.41) is 7.01. The number of nitrogens with one attached hydrogen (secondary N) is 2. The highest BCUT2D eigenvalue weighted by atomic mass is 32.1. The Balaban J connectivity index is 1.74. The maximum atomic E-state index is 13.0. The highest BCUT2D eigenvalue weighted by Gasteiger charge is 2.28. The quantitative estimate of drug-likeness (QED) is 0.797. The zero-order valence-electron chi connectivity index (χ0n) is 15.8. The summed E-state index contributed by atoms with van der Waals surface area (Å²) < 4.78 is 0. The van der Waals surface area contributed by atoms with E-state index in [9.17, 15) is 4.79 Å². The Bertz CT molecular complexity index is 788. The number of hydrogen-bond donors (Lipinski definition) is 2. The lowest BCUT2D eigenvalue weighted by molar-refractivity contribution is -0.126. The van der Waals surface area contributed by atoms with E-state index in [-0.39, 0.29) is 17.9 Å². The third-order valence-corrected chi connectivity index (χ3v) is 5.57. The number of thiocarbonyl (C=S) groups is 1. The van der Waals surface area contributed by atoms with Gasteiger partial charge in [-0.25, -0.2) is 0 Å². The van der Waals surface area contributed by atoms with E-state index in [4.69, 9.17) is 12.2 Å². The maximum Gasteiger partial charge on any atom is 0.224 e. The molecule has 27 heavy (non-hydrogen) atoms. The van der Waals surface area contributed by atoms with Crippen molar-refractivity contribution in [3.8, 4) is 0 Å². The van der Waals surface area contributed by atoms with Crippen molar-refractivity contribution >= 4 is 23.2 Å². The van der Waals surface area contributed by atoms with Crippen molar-refractivity contribution < 1.29 is 4.79 Å². The van der Waals surface area contributed by atoms with Crippen LogP contribution in [0.1, 0.15) is 35.7 Å². The minimum absolute atomic E-state index is 0.00358. The fraction of sp³-hybridized carbons (Fsp3) is 0.381. The molecule has 5 nitrogen and oxygen atoms in total. The Labute approximate surface area is 166 Å². The molecule has 1 atom stereocenters. The van der Waals surface area contributed by atoms with Crippen molar-refractivity contribution in [3.63, 3.8) is 0 Å². The predicted molar refractivity (Wildman–Crippen MR) is 111 cm³/mol. The van der Waals surface area contributed by atoms with Gasteiger partial charge < -0.3 is 15.5 Å². The van der Waals surface area contributed by atoms with Gasteiger partial charge in [0, 0.05) is 32.3 Å². The van der Waals surface area contributed by atoms with Gasteiger partial charge in [-0.15, -0.1) is 0 Å². The van der Waals surface area contributed by atoms with E-state index in [2.05, 4.69) is 20.5 Å². The maximum absolute atomic E-state index is 13.0. The van der Waals surface area contributed by atoms with Crippen LogP contribution in [-0.2, 0) is 4.79 Å². The van der Waals surface area contributed by atoms with Gasteiger partial charge in [-0.05, 0) is 49.2 Å². The topological polar surface area (TPSA) is 57.3 Å². The molecule has 2 N–H and O–H groups in total. The van der Waals surface area contributed by atoms with E-state index in [0.717, 1.165) is 47.9 Å². The summed E-state index contributed by atoms with van der Waals surface area (Å²) in [6.45, 7) is 3.63. The highest BCUT2D eigenvalue weighted by molar-refractivity contribution is 7.80. The number of carbonyl (C=O) groups is 1. The molecule has 2 heterocycles. The average molecular weight is 383 g/mol. The van der Waals surface area contributed by atoms with Gasteiger partial charge in [0.2, 0.25) is 5.91 Å². The van der Waals surface area contributed by atoms with Crippen LogP contribution in [0.25, 0.3) is 0 Å². The van der Waals surface area contributed by atoms with Crippen molar-refractivity contribution in [2.75, 3.05) is 20.1 Å². The van der Waals surface area contributed by atoms with Crippen LogP contribution in [0.5, 0.6) is 0 Å². The summed E-state index contributed by atoms with van der Waals surface area (Å²) in [5.41, 5.74) is 3.01. The van der Waals surface area contributed by atoms with Crippen molar-refractivity contribution in [2.24, 2.45) is 5.92 Å². The lowest BCUT2D eigenvalue weighted by atomic mass is 9.94. The lowest BCUT2D eigenvalue weighted by Gasteiger charge is -2.33. The molecule has 0 radical (unpaired) electrons. The molecule has 2 aromatic rings. The molecule has 0 spiro atoms. The molecule has 0 bridgehead atoms. The number of benzene rings is 1. The molecule has 1 fully saturated rings. The van der Waals surface area contributed by atoms with Crippen LogP contribution in [0.3, 0.4) is 0 Å². The largest absolute Gasteiger partial charge is 0.366 e. The molecule has 142 valence electrons. The van der Waals surface area contributed by atoms with Gasteiger partial charge in [0.25, 0.3) is 0 Å². The molecule has 3 rings (SSSR count). The second-order valence-corrected chi connectivity index (χ2v) is 7.26. The van der Waals surface area contributed by atoms with Crippen LogP contribution < -0.4 is 10.6 Å². The SMILES string of the molecule is CNC(=S)N1CCC(C(=O)NC(c2ccccc2)c2ncccc2C)CC1. The van der Waals surface area contributed by atoms with Crippen molar-refractivity contribution in [1.82, 2.24) is 20.5 Å². The Hall–Kier alpha value is -2.47. The van der Waals surface area contributed by atoms with E-state index in [1.165, 1.54) is 0 Å². The summed E-state index contributed by atoms with van der Waals surface area (Å²) in [6.07, 6.45) is 3.38. The Morgan fingerprint density at radius 3 is 2.52 bits per heavy atom. The van der Waals surface area contributed by atoms with E-state index >= 15 is 0 Å². The monoisotopic (exact) mass is 382 g/mol. The number of carbonyl (C=O) groups excluding carboxylic acids is 1. The van der Waals surface area contributed by atoms with Crippen LogP contribution in [0.15, 0.2) is 48.7 Å². The third-order valence-electron chi connectivity index (χ3n) is 5.11. The Morgan fingerprint density at radius 1 is 1.19 bits per heavy atom. The second-order valence-electron chi connectivity index (χ2n) is 6.87. The minimum atomic E-state index is -0.240. The van der Waals surface area contributed by atoms with Crippen molar-refractivity contribution in [2.45, 2.75) is 25.8 Å². The fourth-order valence-electron chi connectivity index (χ4n) is 3.52. The molecule has 1 amide bonds. The standard InChI is InChI=1S/C21H26N4OS/c1-15-7-6-12-23-18(15)19(16-8-4-3-5-9-16)24-20(26)17-10-13-25(14-11-17)21(27)22-2/h3-9,12,17,19H,10-11,13-14H2,1-2H3,(H,22,27)(H,24,26). The summed E-state index contributed by atoms with van der Waals surface area (Å²) in [6, 6.07) is 13.7. The number of rotatable bonds is 4. The number of hydrogen-bond acceptors (Lipinski definition) is 3. The third kappa shape index (κ3) is 4.63. The summed E-state index contributed by atoms with van der Waals surface area (Å²) in [7, 11) is 1.83. The minimum Gasteiger partial charge on any atom is -0.366 e. The van der Waals surface area contributed by atoms with Crippen LogP contribution >= 0.6 is 12.2 Å². The zero-order chi connectivity index (χ0) is 19.2. The first-order valence-electron chi connectivity index (χ1n) is 9.33. The van der Waals surface area contributed by atoms with Gasteiger partial charge in [0.1, 0.15) is 0 Å². The highest BCUT2D eigenvalue weighted by Crippen LogP contribution is 2.25.